The molecule has 144 valence electrons. The minimum Gasteiger partial charge on any atom is -0.512 e. The second-order valence-electron chi connectivity index (χ2n) is 8.00. The van der Waals surface area contributed by atoms with E-state index < -0.39 is 12.2 Å². The fraction of sp³-hybridized carbons (Fsp3) is 0.476. The number of allylic oxidation sites excluding steroid dienone is 2. The lowest BCUT2D eigenvalue weighted by atomic mass is 9.89. The number of nitrogens with one attached hydrogen (secondary N) is 1. The quantitative estimate of drug-likeness (QED) is 0.637. The second-order valence-corrected chi connectivity index (χ2v) is 8.00. The van der Waals surface area contributed by atoms with Crippen LogP contribution in [-0.2, 0) is 24.4 Å². The minimum atomic E-state index is -0.983. The number of aliphatic hydroxyl groups excluding tert-OH is 3. The molecule has 1 aromatic rings. The zero-order valence-electron chi connectivity index (χ0n) is 15.7. The van der Waals surface area contributed by atoms with Gasteiger partial charge in [0.05, 0.1) is 18.0 Å². The van der Waals surface area contributed by atoms with E-state index in [1.165, 1.54) is 0 Å². The van der Waals surface area contributed by atoms with Crippen molar-refractivity contribution in [1.82, 2.24) is 10.2 Å². The summed E-state index contributed by atoms with van der Waals surface area (Å²) in [6, 6.07) is 4.09. The third kappa shape index (κ3) is 3.18. The smallest absolute Gasteiger partial charge is 0.253 e. The summed E-state index contributed by atoms with van der Waals surface area (Å²) in [6.07, 6.45) is 0.229. The van der Waals surface area contributed by atoms with Gasteiger partial charge >= 0.3 is 0 Å². The molecule has 6 nitrogen and oxygen atoms in total. The van der Waals surface area contributed by atoms with Crippen molar-refractivity contribution in [2.45, 2.75) is 52.1 Å². The number of carbonyl (C=O) groups is 1. The van der Waals surface area contributed by atoms with Crippen LogP contribution in [0.5, 0.6) is 0 Å². The van der Waals surface area contributed by atoms with Gasteiger partial charge < -0.3 is 25.5 Å². The van der Waals surface area contributed by atoms with Gasteiger partial charge in [-0.15, -0.1) is 0 Å². The molecule has 4 rings (SSSR count). The normalized spacial score (nSPS) is 24.8. The summed E-state index contributed by atoms with van der Waals surface area (Å²) in [5.74, 6) is 0.0469. The molecule has 1 amide bonds. The molecule has 0 bridgehead atoms. The molecule has 1 aromatic carbocycles. The van der Waals surface area contributed by atoms with Gasteiger partial charge in [-0.3, -0.25) is 4.79 Å². The Morgan fingerprint density at radius 3 is 2.56 bits per heavy atom. The van der Waals surface area contributed by atoms with E-state index in [1.807, 2.05) is 19.9 Å². The van der Waals surface area contributed by atoms with E-state index in [0.717, 1.165) is 28.8 Å². The average molecular weight is 370 g/mol. The molecule has 0 radical (unpaired) electrons. The molecule has 3 aliphatic rings. The van der Waals surface area contributed by atoms with E-state index >= 15 is 0 Å². The van der Waals surface area contributed by atoms with Crippen LogP contribution < -0.4 is 5.32 Å². The highest BCUT2D eigenvalue weighted by molar-refractivity contribution is 5.95. The summed E-state index contributed by atoms with van der Waals surface area (Å²) in [4.78, 5) is 14.8. The van der Waals surface area contributed by atoms with Crippen LogP contribution in [0.4, 0.5) is 0 Å². The Kier molecular flexibility index (Phi) is 4.58. The maximum Gasteiger partial charge on any atom is 0.253 e. The van der Waals surface area contributed by atoms with Crippen molar-refractivity contribution in [3.63, 3.8) is 0 Å². The fourth-order valence-electron chi connectivity index (χ4n) is 4.23. The number of hydrogen-bond acceptors (Lipinski definition) is 5. The molecule has 0 fully saturated rings. The Morgan fingerprint density at radius 1 is 1.15 bits per heavy atom. The zero-order valence-corrected chi connectivity index (χ0v) is 15.7. The molecule has 27 heavy (non-hydrogen) atoms. The Balaban J connectivity index is 1.60. The predicted molar refractivity (Wildman–Crippen MR) is 101 cm³/mol. The Hall–Kier alpha value is -2.15. The zero-order chi connectivity index (χ0) is 19.3. The summed E-state index contributed by atoms with van der Waals surface area (Å²) < 4.78 is 0. The van der Waals surface area contributed by atoms with Crippen molar-refractivity contribution in [2.24, 2.45) is 5.92 Å². The van der Waals surface area contributed by atoms with E-state index in [9.17, 15) is 20.1 Å². The summed E-state index contributed by atoms with van der Waals surface area (Å²) in [5, 5.41) is 33.8. The second kappa shape index (κ2) is 6.78. The average Bonchev–Trinajstić information content (AvgIpc) is 3.02. The first kappa shape index (κ1) is 18.2. The number of fused-ring (bicyclic) bond motifs is 2. The highest BCUT2D eigenvalue weighted by atomic mass is 16.3. The fourth-order valence-corrected chi connectivity index (χ4v) is 4.23. The Morgan fingerprint density at radius 2 is 1.85 bits per heavy atom. The lowest BCUT2D eigenvalue weighted by molar-refractivity contribution is -0.128. The van der Waals surface area contributed by atoms with Crippen molar-refractivity contribution in [1.29, 1.82) is 0 Å². The molecule has 6 heteroatoms. The van der Waals surface area contributed by atoms with Crippen LogP contribution in [0.2, 0.25) is 0 Å². The van der Waals surface area contributed by atoms with Crippen LogP contribution in [0.3, 0.4) is 0 Å². The predicted octanol–water partition coefficient (Wildman–Crippen LogP) is 1.82. The van der Waals surface area contributed by atoms with Crippen LogP contribution in [-0.4, -0.2) is 38.8 Å². The van der Waals surface area contributed by atoms with E-state index in [2.05, 4.69) is 11.4 Å². The van der Waals surface area contributed by atoms with Gasteiger partial charge in [-0.1, -0.05) is 26.0 Å². The van der Waals surface area contributed by atoms with E-state index in [-0.39, 0.29) is 24.0 Å². The van der Waals surface area contributed by atoms with Gasteiger partial charge in [0.15, 0.2) is 0 Å². The molecule has 0 saturated carbocycles. The monoisotopic (exact) mass is 370 g/mol. The van der Waals surface area contributed by atoms with Crippen molar-refractivity contribution in [3.05, 3.63) is 57.4 Å². The van der Waals surface area contributed by atoms with E-state index in [0.29, 0.717) is 30.8 Å². The van der Waals surface area contributed by atoms with Crippen LogP contribution in [0.25, 0.3) is 0 Å². The highest BCUT2D eigenvalue weighted by Crippen LogP contribution is 2.34. The van der Waals surface area contributed by atoms with Crippen molar-refractivity contribution >= 4 is 5.91 Å². The molecular formula is C21H26N2O4. The van der Waals surface area contributed by atoms with Crippen LogP contribution in [0, 0.1) is 5.92 Å². The molecule has 0 aromatic heterocycles. The number of amides is 1. The van der Waals surface area contributed by atoms with E-state index in [1.54, 1.807) is 11.0 Å². The van der Waals surface area contributed by atoms with Gasteiger partial charge in [-0.05, 0) is 39.8 Å². The number of aliphatic hydroxyl groups is 3. The van der Waals surface area contributed by atoms with Gasteiger partial charge in [-0.2, -0.15) is 0 Å². The van der Waals surface area contributed by atoms with Crippen LogP contribution >= 0.6 is 0 Å². The molecule has 2 atom stereocenters. The number of β-amino-alcohol motifs (C(OH)–C–C–N with tert-alkyl or cyclic N) is 1. The number of carbonyl (C=O) groups excluding carboxylic acids is 1. The molecular weight excluding hydrogens is 344 g/mol. The van der Waals surface area contributed by atoms with Crippen LogP contribution in [0.1, 0.15) is 48.6 Å². The number of nitrogens with zero attached hydrogens (tertiary/aromatic N) is 1. The molecule has 0 spiro atoms. The van der Waals surface area contributed by atoms with Gasteiger partial charge in [-0.25, -0.2) is 0 Å². The molecule has 2 unspecified atom stereocenters. The SMILES string of the molecule is CC(C)C1=C(O)CC(O)C(C(=O)N2Cc3cc4c(cc3C2)C(O)CNC4)=C1. The van der Waals surface area contributed by atoms with Crippen molar-refractivity contribution < 1.29 is 20.1 Å². The van der Waals surface area contributed by atoms with Gasteiger partial charge in [0.1, 0.15) is 0 Å². The Labute approximate surface area is 158 Å². The van der Waals surface area contributed by atoms with Gasteiger partial charge in [0, 0.05) is 38.2 Å². The van der Waals surface area contributed by atoms with E-state index in [4.69, 9.17) is 0 Å². The number of rotatable bonds is 2. The summed E-state index contributed by atoms with van der Waals surface area (Å²) >= 11 is 0. The Bertz CT molecular complexity index is 856. The first-order chi connectivity index (χ1) is 12.8. The number of benzene rings is 1. The minimum absolute atomic E-state index is 0.0804. The van der Waals surface area contributed by atoms with Crippen LogP contribution in [0.15, 0.2) is 35.1 Å². The largest absolute Gasteiger partial charge is 0.512 e. The van der Waals surface area contributed by atoms with Gasteiger partial charge in [0.25, 0.3) is 5.91 Å². The molecule has 0 saturated heterocycles. The first-order valence-corrected chi connectivity index (χ1v) is 9.49. The topological polar surface area (TPSA) is 93.0 Å². The summed E-state index contributed by atoms with van der Waals surface area (Å²) in [5.41, 5.74) is 5.21. The summed E-state index contributed by atoms with van der Waals surface area (Å²) in [6.45, 7) is 6.14. The summed E-state index contributed by atoms with van der Waals surface area (Å²) in [7, 11) is 0. The first-order valence-electron chi connectivity index (χ1n) is 9.49. The number of hydrogen-bond donors (Lipinski definition) is 4. The van der Waals surface area contributed by atoms with Crippen molar-refractivity contribution in [3.8, 4) is 0 Å². The third-order valence-corrected chi connectivity index (χ3v) is 5.74. The molecule has 2 aliphatic heterocycles. The maximum absolute atomic E-state index is 13.1. The molecule has 1 aliphatic carbocycles. The lowest BCUT2D eigenvalue weighted by Crippen LogP contribution is -2.33. The maximum atomic E-state index is 13.1. The molecule has 2 heterocycles. The highest BCUT2D eigenvalue weighted by Gasteiger charge is 2.33. The standard InChI is InChI=1S/C21H26N2O4/c1-11(2)15-5-17(19(25)6-18(15)24)21(27)23-9-13-3-12-7-22-8-20(26)16(12)4-14(13)10-23/h3-5,11,19-20,22,24-26H,6-10H2,1-2H3. The lowest BCUT2D eigenvalue weighted by Gasteiger charge is -2.26. The third-order valence-electron chi connectivity index (χ3n) is 5.74. The van der Waals surface area contributed by atoms with Gasteiger partial charge in [0.2, 0.25) is 0 Å². The van der Waals surface area contributed by atoms with Crippen molar-refractivity contribution in [2.75, 3.05) is 6.54 Å². The molecule has 4 N–H and O–H groups in total.